The van der Waals surface area contributed by atoms with Gasteiger partial charge < -0.3 is 24.5 Å². The number of nitro groups is 1. The molecule has 0 aliphatic rings. The molecule has 220 valence electrons. The van der Waals surface area contributed by atoms with Crippen LogP contribution in [0.4, 0.5) is 5.69 Å². The van der Waals surface area contributed by atoms with Gasteiger partial charge >= 0.3 is 11.9 Å². The molecule has 0 aliphatic heterocycles. The maximum Gasteiger partial charge on any atom is 0.345 e. The Morgan fingerprint density at radius 3 is 2.26 bits per heavy atom. The number of fused-ring (bicyclic) bond motifs is 2. The van der Waals surface area contributed by atoms with Crippen molar-refractivity contribution in [3.05, 3.63) is 93.5 Å². The molecule has 0 bridgehead atoms. The number of hydrogen-bond acceptors (Lipinski definition) is 9. The summed E-state index contributed by atoms with van der Waals surface area (Å²) in [4.78, 5) is 41.5. The van der Waals surface area contributed by atoms with Gasteiger partial charge in [0.1, 0.15) is 18.5 Å². The molecule has 2 heterocycles. The zero-order valence-electron chi connectivity index (χ0n) is 23.6. The molecule has 3 aromatic carbocycles. The van der Waals surface area contributed by atoms with Crippen LogP contribution in [0.2, 0.25) is 0 Å². The predicted molar refractivity (Wildman–Crippen MR) is 154 cm³/mol. The van der Waals surface area contributed by atoms with Gasteiger partial charge in [-0.2, -0.15) is 4.57 Å². The van der Waals surface area contributed by atoms with Crippen LogP contribution >= 0.6 is 0 Å². The summed E-state index contributed by atoms with van der Waals surface area (Å²) < 4.78 is 14.3. The fraction of sp³-hybridized carbons (Fsp3) is 0.194. The van der Waals surface area contributed by atoms with Crippen molar-refractivity contribution < 1.29 is 43.6 Å². The summed E-state index contributed by atoms with van der Waals surface area (Å²) in [5.74, 6) is -1.30. The lowest BCUT2D eigenvalue weighted by atomic mass is 10.0. The van der Waals surface area contributed by atoms with E-state index in [0.29, 0.717) is 49.9 Å². The maximum atomic E-state index is 13.7. The van der Waals surface area contributed by atoms with Gasteiger partial charge in [-0.1, -0.05) is 12.1 Å². The highest BCUT2D eigenvalue weighted by atomic mass is 16.7. The molecule has 0 atom stereocenters. The number of benzene rings is 3. The molecule has 5 aromatic rings. The van der Waals surface area contributed by atoms with Gasteiger partial charge in [-0.15, -0.1) is 4.73 Å². The van der Waals surface area contributed by atoms with Gasteiger partial charge in [-0.3, -0.25) is 10.1 Å². The van der Waals surface area contributed by atoms with Gasteiger partial charge in [-0.25, -0.2) is 9.59 Å². The van der Waals surface area contributed by atoms with E-state index in [-0.39, 0.29) is 24.5 Å². The average molecular weight is 587 g/mol. The molecule has 0 fully saturated rings. The molecule has 2 aromatic heterocycles. The second kappa shape index (κ2) is 11.7. The number of para-hydroxylation sites is 1. The molecule has 2 N–H and O–H groups in total. The molecule has 0 saturated carbocycles. The highest BCUT2D eigenvalue weighted by molar-refractivity contribution is 6.13. The minimum Gasteiger partial charge on any atom is -0.493 e. The molecule has 43 heavy (non-hydrogen) atoms. The van der Waals surface area contributed by atoms with Crippen LogP contribution in [0.1, 0.15) is 34.3 Å². The number of aromatic nitrogens is 2. The van der Waals surface area contributed by atoms with Gasteiger partial charge in [0.05, 0.1) is 40.4 Å². The van der Waals surface area contributed by atoms with Crippen LogP contribution in [0, 0.1) is 24.0 Å². The third kappa shape index (κ3) is 5.75. The lowest BCUT2D eigenvalue weighted by molar-refractivity contribution is -0.617. The summed E-state index contributed by atoms with van der Waals surface area (Å²) in [6, 6.07) is 17.8. The van der Waals surface area contributed by atoms with Gasteiger partial charge in [0, 0.05) is 30.3 Å². The van der Waals surface area contributed by atoms with Crippen molar-refractivity contribution in [3.63, 3.8) is 0 Å². The standard InChI is InChI=1S/C31H27N3O9/c1-18-15-20(34(39)40)16-19(2)30(18)42-31(38)29-22-7-4-5-8-24(22)32(3)25-17-21(10-11-23(25)29)41-14-6-9-28(37)43-33-26(35)12-13-27(33)36/h4-5,7-8,10-13,15-17,38H,6,9,14H2,1-3H3/p+1. The molecule has 0 aliphatic carbocycles. The lowest BCUT2D eigenvalue weighted by Crippen LogP contribution is -2.31. The van der Waals surface area contributed by atoms with E-state index in [2.05, 4.69) is 0 Å². The van der Waals surface area contributed by atoms with Crippen LogP contribution in [0.25, 0.3) is 21.8 Å². The molecular weight excluding hydrogens is 558 g/mol. The molecule has 0 unspecified atom stereocenters. The second-order valence-electron chi connectivity index (χ2n) is 9.94. The SMILES string of the molecule is Cc1cc([N+](=O)[O-])cc(C)c1OC(=O)c1c2ccccc2[n+](C)c2cc(OCCCC(=O)On3c(O)ccc3O)ccc12. The van der Waals surface area contributed by atoms with Crippen LogP contribution in [0.3, 0.4) is 0 Å². The topological polar surface area (TPSA) is 154 Å². The summed E-state index contributed by atoms with van der Waals surface area (Å²) in [7, 11) is 1.87. The molecule has 0 spiro atoms. The number of hydrogen-bond donors (Lipinski definition) is 2. The van der Waals surface area contributed by atoms with Crippen molar-refractivity contribution in [3.8, 4) is 23.3 Å². The fourth-order valence-electron chi connectivity index (χ4n) is 4.95. The molecule has 12 heteroatoms. The Labute approximate surface area is 245 Å². The normalized spacial score (nSPS) is 11.0. The quantitative estimate of drug-likeness (QED) is 0.0480. The molecule has 0 amide bonds. The predicted octanol–water partition coefficient (Wildman–Crippen LogP) is 4.59. The number of pyridine rings is 1. The number of nitro benzene ring substituents is 1. The summed E-state index contributed by atoms with van der Waals surface area (Å²) in [6.07, 6.45) is 0.273. The van der Waals surface area contributed by atoms with Crippen molar-refractivity contribution in [2.24, 2.45) is 7.05 Å². The van der Waals surface area contributed by atoms with Gasteiger partial charge in [-0.05, 0) is 49.6 Å². The van der Waals surface area contributed by atoms with Crippen molar-refractivity contribution in [2.75, 3.05) is 6.61 Å². The number of rotatable bonds is 9. The van der Waals surface area contributed by atoms with Crippen LogP contribution in [-0.4, -0.2) is 38.4 Å². The van der Waals surface area contributed by atoms with E-state index in [1.165, 1.54) is 24.3 Å². The van der Waals surface area contributed by atoms with E-state index in [9.17, 15) is 29.9 Å². The van der Waals surface area contributed by atoms with Crippen LogP contribution in [0.15, 0.2) is 66.7 Å². The minimum absolute atomic E-state index is 0.0273. The Morgan fingerprint density at radius 2 is 1.58 bits per heavy atom. The van der Waals surface area contributed by atoms with Crippen LogP contribution < -0.4 is 18.9 Å². The van der Waals surface area contributed by atoms with Gasteiger partial charge in [0.25, 0.3) is 5.69 Å². The first-order chi connectivity index (χ1) is 20.5. The van der Waals surface area contributed by atoms with E-state index in [4.69, 9.17) is 14.3 Å². The first-order valence-electron chi connectivity index (χ1n) is 13.3. The second-order valence-corrected chi connectivity index (χ2v) is 9.94. The Kier molecular flexibility index (Phi) is 7.84. The third-order valence-electron chi connectivity index (χ3n) is 6.97. The van der Waals surface area contributed by atoms with Gasteiger partial charge in [0.2, 0.25) is 22.8 Å². The summed E-state index contributed by atoms with van der Waals surface area (Å²) >= 11 is 0. The van der Waals surface area contributed by atoms with Crippen molar-refractivity contribution >= 4 is 39.4 Å². The third-order valence-corrected chi connectivity index (χ3v) is 6.97. The minimum atomic E-state index is -0.663. The summed E-state index contributed by atoms with van der Waals surface area (Å²) in [6.45, 7) is 3.48. The summed E-state index contributed by atoms with van der Waals surface area (Å²) in [5.41, 5.74) is 2.66. The van der Waals surface area contributed by atoms with E-state index in [1.807, 2.05) is 35.9 Å². The highest BCUT2D eigenvalue weighted by Gasteiger charge is 2.26. The number of nitrogens with zero attached hydrogens (tertiary/aromatic N) is 3. The average Bonchev–Trinajstić information content (AvgIpc) is 3.29. The van der Waals surface area contributed by atoms with Crippen LogP contribution in [-0.2, 0) is 11.8 Å². The first kappa shape index (κ1) is 28.9. The molecule has 12 nitrogen and oxygen atoms in total. The monoisotopic (exact) mass is 586 g/mol. The fourth-order valence-corrected chi connectivity index (χ4v) is 4.95. The first-order valence-corrected chi connectivity index (χ1v) is 13.3. The number of carbonyl (C=O) groups is 2. The number of aryl methyl sites for hydroxylation is 3. The van der Waals surface area contributed by atoms with Crippen molar-refractivity contribution in [1.82, 2.24) is 4.73 Å². The Morgan fingerprint density at radius 1 is 0.930 bits per heavy atom. The molecule has 0 radical (unpaired) electrons. The lowest BCUT2D eigenvalue weighted by Gasteiger charge is -2.14. The number of carbonyl (C=O) groups excluding carboxylic acids is 2. The number of ether oxygens (including phenoxy) is 2. The number of non-ortho nitro benzene ring substituents is 1. The van der Waals surface area contributed by atoms with Crippen molar-refractivity contribution in [1.29, 1.82) is 0 Å². The van der Waals surface area contributed by atoms with Gasteiger partial charge in [0.15, 0.2) is 0 Å². The number of aromatic hydroxyl groups is 2. The van der Waals surface area contributed by atoms with E-state index in [0.717, 1.165) is 5.52 Å². The molecular formula is C31H28N3O9+. The Balaban J connectivity index is 1.39. The Bertz CT molecular complexity index is 1870. The van der Waals surface area contributed by atoms with Crippen LogP contribution in [0.5, 0.6) is 23.3 Å². The van der Waals surface area contributed by atoms with E-state index >= 15 is 0 Å². The largest absolute Gasteiger partial charge is 0.493 e. The highest BCUT2D eigenvalue weighted by Crippen LogP contribution is 2.32. The van der Waals surface area contributed by atoms with E-state index < -0.39 is 28.6 Å². The maximum absolute atomic E-state index is 13.7. The van der Waals surface area contributed by atoms with Crippen molar-refractivity contribution in [2.45, 2.75) is 26.7 Å². The molecule has 5 rings (SSSR count). The zero-order chi connectivity index (χ0) is 30.8. The Hall–Kier alpha value is -5.65. The number of esters is 1. The van der Waals surface area contributed by atoms with E-state index in [1.54, 1.807) is 32.0 Å². The summed E-state index contributed by atoms with van der Waals surface area (Å²) in [5, 5.41) is 31.7. The molecule has 0 saturated heterocycles. The smallest absolute Gasteiger partial charge is 0.345 e. The zero-order valence-corrected chi connectivity index (χ0v) is 23.6.